The van der Waals surface area contributed by atoms with E-state index >= 15 is 0 Å². The van der Waals surface area contributed by atoms with E-state index in [2.05, 4.69) is 18.7 Å². The Morgan fingerprint density at radius 2 is 1.87 bits per heavy atom. The summed E-state index contributed by atoms with van der Waals surface area (Å²) in [5.41, 5.74) is 1.77. The zero-order valence-electron chi connectivity index (χ0n) is 17.8. The van der Waals surface area contributed by atoms with Crippen molar-refractivity contribution in [2.24, 2.45) is 0 Å². The number of likely N-dealkylation sites (N-methyl/N-ethyl adjacent to an activating group) is 1. The van der Waals surface area contributed by atoms with E-state index in [0.717, 1.165) is 40.2 Å². The van der Waals surface area contributed by atoms with Gasteiger partial charge in [-0.1, -0.05) is 42.6 Å². The molecule has 0 fully saturated rings. The Bertz CT molecular complexity index is 1060. The Morgan fingerprint density at radius 3 is 2.45 bits per heavy atom. The quantitative estimate of drug-likeness (QED) is 0.314. The lowest BCUT2D eigenvalue weighted by molar-refractivity contribution is -0.380. The topological polar surface area (TPSA) is 88.8 Å². The highest BCUT2D eigenvalue weighted by Gasteiger charge is 2.26. The second kappa shape index (κ2) is 10.9. The fourth-order valence-electron chi connectivity index (χ4n) is 3.12. The number of aromatic nitrogens is 1. The third-order valence-corrected chi connectivity index (χ3v) is 7.14. The molecule has 0 unspecified atom stereocenters. The zero-order chi connectivity index (χ0) is 21.8. The van der Waals surface area contributed by atoms with Crippen LogP contribution in [0.3, 0.4) is 0 Å². The molecular weight excluding hydrogens is 460 g/mol. The molecule has 1 amide bonds. The van der Waals surface area contributed by atoms with Crippen molar-refractivity contribution < 1.29 is 14.5 Å². The number of hydrogen-bond donors (Lipinski definition) is 0. The van der Waals surface area contributed by atoms with E-state index in [1.54, 1.807) is 12.0 Å². The molecule has 0 radical (unpaired) electrons. The number of rotatable bonds is 9. The summed E-state index contributed by atoms with van der Waals surface area (Å²) in [5.74, 6) is 0.372. The number of thiazole rings is 1. The van der Waals surface area contributed by atoms with Crippen LogP contribution in [0.15, 0.2) is 24.3 Å². The minimum atomic E-state index is -0.479. The van der Waals surface area contributed by atoms with Crippen LogP contribution in [0.1, 0.15) is 29.1 Å². The molecule has 0 aliphatic carbocycles. The molecule has 0 bridgehead atoms. The highest BCUT2D eigenvalue weighted by atomic mass is 35.5. The lowest BCUT2D eigenvalue weighted by Gasteiger charge is -2.24. The van der Waals surface area contributed by atoms with Crippen LogP contribution in [0.4, 0.5) is 10.1 Å². The van der Waals surface area contributed by atoms with Crippen molar-refractivity contribution in [2.75, 3.05) is 38.2 Å². The average molecular weight is 485 g/mol. The summed E-state index contributed by atoms with van der Waals surface area (Å²) in [6.07, 6.45) is 0. The number of aryl methyl sites for hydroxylation is 1. The number of halogens is 1. The summed E-state index contributed by atoms with van der Waals surface area (Å²) in [6, 6.07) is 6.71. The van der Waals surface area contributed by atoms with E-state index in [-0.39, 0.29) is 23.3 Å². The third-order valence-electron chi connectivity index (χ3n) is 4.90. The van der Waals surface area contributed by atoms with E-state index in [1.165, 1.54) is 23.5 Å². The summed E-state index contributed by atoms with van der Waals surface area (Å²) in [7, 11) is 1.59. The van der Waals surface area contributed by atoms with Crippen molar-refractivity contribution in [1.82, 2.24) is 9.88 Å². The number of carbonyl (C=O) groups excluding carboxylic acids is 1. The van der Waals surface area contributed by atoms with Gasteiger partial charge in [0.25, 0.3) is 5.91 Å². The lowest BCUT2D eigenvalue weighted by Crippen LogP contribution is -2.38. The van der Waals surface area contributed by atoms with Crippen molar-refractivity contribution in [2.45, 2.75) is 20.8 Å². The van der Waals surface area contributed by atoms with Crippen LogP contribution in [0.5, 0.6) is 5.75 Å². The van der Waals surface area contributed by atoms with Crippen molar-refractivity contribution in [3.8, 4) is 5.75 Å². The SMILES string of the molecule is CCN(CC)CCN(C(=O)c1ccc([N+](=O)[O-])s1)c1nc2c(OC)ccc(C)c2s1.Cl. The molecule has 2 aromatic heterocycles. The Hall–Kier alpha value is -2.27. The molecule has 0 spiro atoms. The molecular formula is C20H25ClN4O4S2. The molecule has 1 aromatic carbocycles. The number of benzene rings is 1. The van der Waals surface area contributed by atoms with Gasteiger partial charge in [0.1, 0.15) is 11.3 Å². The number of thiophene rings is 1. The fraction of sp³-hybridized carbons (Fsp3) is 0.400. The van der Waals surface area contributed by atoms with Crippen LogP contribution in [0, 0.1) is 17.0 Å². The summed E-state index contributed by atoms with van der Waals surface area (Å²) >= 11 is 2.31. The zero-order valence-corrected chi connectivity index (χ0v) is 20.2. The number of anilines is 1. The Kier molecular flexibility index (Phi) is 8.75. The summed E-state index contributed by atoms with van der Waals surface area (Å²) < 4.78 is 6.40. The van der Waals surface area contributed by atoms with Gasteiger partial charge in [0, 0.05) is 19.2 Å². The van der Waals surface area contributed by atoms with Gasteiger partial charge in [0.2, 0.25) is 0 Å². The van der Waals surface area contributed by atoms with Gasteiger partial charge in [0.15, 0.2) is 5.13 Å². The van der Waals surface area contributed by atoms with Crippen molar-refractivity contribution in [3.05, 3.63) is 44.8 Å². The molecule has 0 aliphatic rings. The standard InChI is InChI=1S/C20H24N4O4S2.ClH/c1-5-22(6-2)11-12-23(19(25)15-9-10-16(29-15)24(26)27)20-21-17-14(28-4)8-7-13(3)18(17)30-20;/h7-10H,5-6,11-12H2,1-4H3;1H. The second-order valence-electron chi connectivity index (χ2n) is 6.64. The maximum absolute atomic E-state index is 13.3. The van der Waals surface area contributed by atoms with Crippen LogP contribution in [-0.2, 0) is 0 Å². The van der Waals surface area contributed by atoms with Gasteiger partial charge in [-0.3, -0.25) is 19.8 Å². The minimum Gasteiger partial charge on any atom is -0.494 e. The Balaban J connectivity index is 0.00000341. The first-order chi connectivity index (χ1) is 14.4. The van der Waals surface area contributed by atoms with Gasteiger partial charge in [-0.05, 0) is 37.7 Å². The van der Waals surface area contributed by atoms with Crippen LogP contribution in [0.25, 0.3) is 10.2 Å². The minimum absolute atomic E-state index is 0. The molecule has 0 aliphatic heterocycles. The first-order valence-electron chi connectivity index (χ1n) is 9.62. The van der Waals surface area contributed by atoms with Gasteiger partial charge >= 0.3 is 5.00 Å². The summed E-state index contributed by atoms with van der Waals surface area (Å²) in [4.78, 5) is 32.8. The molecule has 0 saturated carbocycles. The number of amides is 1. The molecule has 0 saturated heterocycles. The molecule has 0 N–H and O–H groups in total. The smallest absolute Gasteiger partial charge is 0.324 e. The third kappa shape index (κ3) is 5.32. The highest BCUT2D eigenvalue weighted by molar-refractivity contribution is 7.22. The fourth-order valence-corrected chi connectivity index (χ4v) is 4.96. The monoisotopic (exact) mass is 484 g/mol. The van der Waals surface area contributed by atoms with Crippen LogP contribution in [0.2, 0.25) is 0 Å². The van der Waals surface area contributed by atoms with E-state index in [1.807, 2.05) is 19.1 Å². The first-order valence-corrected chi connectivity index (χ1v) is 11.2. The summed E-state index contributed by atoms with van der Waals surface area (Å²) in [5, 5.41) is 11.6. The van der Waals surface area contributed by atoms with Crippen LogP contribution >= 0.6 is 35.1 Å². The summed E-state index contributed by atoms with van der Waals surface area (Å²) in [6.45, 7) is 9.00. The Morgan fingerprint density at radius 1 is 1.16 bits per heavy atom. The number of fused-ring (bicyclic) bond motifs is 1. The maximum atomic E-state index is 13.3. The number of methoxy groups -OCH3 is 1. The molecule has 31 heavy (non-hydrogen) atoms. The second-order valence-corrected chi connectivity index (χ2v) is 8.68. The number of ether oxygens (including phenoxy) is 1. The van der Waals surface area contributed by atoms with E-state index in [0.29, 0.717) is 28.8 Å². The van der Waals surface area contributed by atoms with Gasteiger partial charge < -0.3 is 9.64 Å². The van der Waals surface area contributed by atoms with E-state index < -0.39 is 4.92 Å². The van der Waals surface area contributed by atoms with E-state index in [9.17, 15) is 14.9 Å². The highest BCUT2D eigenvalue weighted by Crippen LogP contribution is 2.37. The average Bonchev–Trinajstić information content (AvgIpc) is 3.39. The lowest BCUT2D eigenvalue weighted by atomic mass is 10.2. The molecule has 2 heterocycles. The Labute approximate surface area is 195 Å². The van der Waals surface area contributed by atoms with Crippen molar-refractivity contribution >= 4 is 61.3 Å². The number of carbonyl (C=O) groups is 1. The van der Waals surface area contributed by atoms with Gasteiger partial charge in [-0.15, -0.1) is 12.4 Å². The predicted octanol–water partition coefficient (Wildman–Crippen LogP) is 4.99. The normalized spacial score (nSPS) is 10.9. The van der Waals surface area contributed by atoms with E-state index in [4.69, 9.17) is 9.72 Å². The molecule has 3 rings (SSSR count). The molecule has 3 aromatic rings. The van der Waals surface area contributed by atoms with Crippen LogP contribution in [-0.4, -0.2) is 54.0 Å². The largest absolute Gasteiger partial charge is 0.494 e. The van der Waals surface area contributed by atoms with Gasteiger partial charge in [-0.2, -0.15) is 0 Å². The first kappa shape index (κ1) is 25.0. The molecule has 168 valence electrons. The maximum Gasteiger partial charge on any atom is 0.324 e. The van der Waals surface area contributed by atoms with Gasteiger partial charge in [-0.25, -0.2) is 4.98 Å². The molecule has 11 heteroatoms. The number of hydrogen-bond acceptors (Lipinski definition) is 8. The number of nitro groups is 1. The van der Waals surface area contributed by atoms with Crippen LogP contribution < -0.4 is 9.64 Å². The molecule has 0 atom stereocenters. The molecule has 8 nitrogen and oxygen atoms in total. The van der Waals surface area contributed by atoms with Gasteiger partial charge in [0.05, 0.1) is 21.6 Å². The predicted molar refractivity (Wildman–Crippen MR) is 129 cm³/mol. The van der Waals surface area contributed by atoms with Crippen molar-refractivity contribution in [3.63, 3.8) is 0 Å². The van der Waals surface area contributed by atoms with Crippen molar-refractivity contribution in [1.29, 1.82) is 0 Å². The number of nitrogens with zero attached hydrogens (tertiary/aromatic N) is 4.